The minimum Gasteiger partial charge on any atom is -0.443 e. The van der Waals surface area contributed by atoms with Crippen molar-refractivity contribution in [2.24, 2.45) is 0 Å². The summed E-state index contributed by atoms with van der Waals surface area (Å²) in [7, 11) is -2.00. The van der Waals surface area contributed by atoms with E-state index >= 15 is 0 Å². The molecule has 1 aliphatic rings. The summed E-state index contributed by atoms with van der Waals surface area (Å²) < 4.78 is 5.63. The second-order valence-electron chi connectivity index (χ2n) is 6.29. The molecule has 0 atom stereocenters. The molecule has 0 heterocycles. The Morgan fingerprint density at radius 1 is 1.35 bits per heavy atom. The molecule has 3 nitrogen and oxygen atoms in total. The molecule has 0 spiro atoms. The third-order valence-corrected chi connectivity index (χ3v) is 7.97. The quantitative estimate of drug-likeness (QED) is 0.331. The highest BCUT2D eigenvalue weighted by atomic mass is 28.4. The molecule has 0 N–H and O–H groups in total. The van der Waals surface area contributed by atoms with E-state index in [1.54, 1.807) is 6.21 Å². The van der Waals surface area contributed by atoms with Crippen LogP contribution in [0.15, 0.2) is 11.6 Å². The van der Waals surface area contributed by atoms with Gasteiger partial charge in [0.25, 0.3) is 0 Å². The molecule has 0 aromatic heterocycles. The van der Waals surface area contributed by atoms with Gasteiger partial charge in [-0.15, -0.1) is 0 Å². The van der Waals surface area contributed by atoms with Gasteiger partial charge in [-0.1, -0.05) is 39.9 Å². The molecular weight excluding hydrogens is 230 g/mol. The monoisotopic (exact) mass is 255 g/mol. The minimum atomic E-state index is -2.00. The first-order valence-electron chi connectivity index (χ1n) is 6.42. The smallest absolute Gasteiger partial charge is 0.235 e. The van der Waals surface area contributed by atoms with Crippen molar-refractivity contribution in [1.82, 2.24) is 0 Å². The van der Waals surface area contributed by atoms with Gasteiger partial charge in [-0.25, -0.2) is 0 Å². The molecular formula is C13H25NO2Si. The van der Waals surface area contributed by atoms with Gasteiger partial charge in [-0.2, -0.15) is 0 Å². The van der Waals surface area contributed by atoms with E-state index in [0.29, 0.717) is 4.90 Å². The predicted molar refractivity (Wildman–Crippen MR) is 74.5 cm³/mol. The fourth-order valence-electron chi connectivity index (χ4n) is 1.50. The van der Waals surface area contributed by atoms with Gasteiger partial charge in [0.05, 0.1) is 0 Å². The van der Waals surface area contributed by atoms with Crippen molar-refractivity contribution in [3.63, 3.8) is 0 Å². The van der Waals surface area contributed by atoms with Crippen LogP contribution in [0.2, 0.25) is 18.1 Å². The Labute approximate surface area is 106 Å². The van der Waals surface area contributed by atoms with Gasteiger partial charge in [0, 0.05) is 10.5 Å². The number of hydrogen-bond donors (Lipinski definition) is 0. The molecule has 0 aliphatic heterocycles. The lowest BCUT2D eigenvalue weighted by molar-refractivity contribution is -0.701. The SMILES string of the molecule is CC(C)(C)[Si](C)(C)O/[N+]([O-])=C/C1=CCCCC1. The zero-order valence-corrected chi connectivity index (χ0v) is 12.7. The Bertz CT molecular complexity index is 327. The van der Waals surface area contributed by atoms with E-state index < -0.39 is 8.32 Å². The molecule has 1 rings (SSSR count). The molecule has 0 aromatic rings. The molecule has 98 valence electrons. The van der Waals surface area contributed by atoms with Crippen LogP contribution in [0.3, 0.4) is 0 Å². The van der Waals surface area contributed by atoms with Gasteiger partial charge in [0.15, 0.2) is 8.32 Å². The Kier molecular flexibility index (Phi) is 4.41. The largest absolute Gasteiger partial charge is 0.443 e. The van der Waals surface area contributed by atoms with Gasteiger partial charge in [0.1, 0.15) is 0 Å². The highest BCUT2D eigenvalue weighted by Gasteiger charge is 2.36. The maximum Gasteiger partial charge on any atom is 0.235 e. The van der Waals surface area contributed by atoms with Gasteiger partial charge < -0.3 is 4.53 Å². The summed E-state index contributed by atoms with van der Waals surface area (Å²) in [5.74, 6) is 0. The summed E-state index contributed by atoms with van der Waals surface area (Å²) >= 11 is 0. The van der Waals surface area contributed by atoms with Crippen LogP contribution < -0.4 is 0 Å². The molecule has 0 bridgehead atoms. The molecule has 0 aromatic carbocycles. The lowest BCUT2D eigenvalue weighted by atomic mass is 10.0. The Morgan fingerprint density at radius 3 is 2.47 bits per heavy atom. The van der Waals surface area contributed by atoms with Crippen molar-refractivity contribution < 1.29 is 9.43 Å². The second-order valence-corrected chi connectivity index (χ2v) is 11.0. The van der Waals surface area contributed by atoms with E-state index in [1.165, 1.54) is 12.8 Å². The van der Waals surface area contributed by atoms with Crippen LogP contribution in [-0.4, -0.2) is 19.4 Å². The average molecular weight is 255 g/mol. The first-order valence-corrected chi connectivity index (χ1v) is 9.32. The van der Waals surface area contributed by atoms with Crippen molar-refractivity contribution in [1.29, 1.82) is 0 Å². The summed E-state index contributed by atoms with van der Waals surface area (Å²) in [6, 6.07) is 0. The highest BCUT2D eigenvalue weighted by molar-refractivity contribution is 6.73. The molecule has 0 amide bonds. The second kappa shape index (κ2) is 5.25. The summed E-state index contributed by atoms with van der Waals surface area (Å²) in [5, 5.41) is 11.9. The maximum atomic E-state index is 11.8. The number of hydrogen-bond acceptors (Lipinski definition) is 2. The van der Waals surface area contributed by atoms with E-state index in [0.717, 1.165) is 18.4 Å². The lowest BCUT2D eigenvalue weighted by Gasteiger charge is -2.37. The summed E-state index contributed by atoms with van der Waals surface area (Å²) in [6.45, 7) is 10.6. The van der Waals surface area contributed by atoms with Crippen molar-refractivity contribution in [2.45, 2.75) is 64.6 Å². The number of nitrogens with zero attached hydrogens (tertiary/aromatic N) is 1. The van der Waals surface area contributed by atoms with Crippen LogP contribution in [0.4, 0.5) is 0 Å². The maximum absolute atomic E-state index is 11.8. The first-order chi connectivity index (χ1) is 7.72. The molecule has 0 fully saturated rings. The summed E-state index contributed by atoms with van der Waals surface area (Å²) in [6.07, 6.45) is 8.25. The summed E-state index contributed by atoms with van der Waals surface area (Å²) in [5.41, 5.74) is 1.12. The molecule has 4 heteroatoms. The van der Waals surface area contributed by atoms with Crippen molar-refractivity contribution in [3.05, 3.63) is 16.9 Å². The normalized spacial score (nSPS) is 18.9. The topological polar surface area (TPSA) is 35.3 Å². The van der Waals surface area contributed by atoms with Crippen LogP contribution in [0, 0.1) is 5.21 Å². The Hall–Kier alpha value is -0.773. The number of allylic oxidation sites excluding steroid dienone is 2. The van der Waals surface area contributed by atoms with Gasteiger partial charge >= 0.3 is 0 Å². The zero-order valence-electron chi connectivity index (χ0n) is 11.7. The highest BCUT2D eigenvalue weighted by Crippen LogP contribution is 2.36. The van der Waals surface area contributed by atoms with Crippen LogP contribution in [-0.2, 0) is 4.53 Å². The van der Waals surface area contributed by atoms with Crippen molar-refractivity contribution in [2.75, 3.05) is 0 Å². The van der Waals surface area contributed by atoms with Gasteiger partial charge in [0.2, 0.25) is 6.21 Å². The van der Waals surface area contributed by atoms with Gasteiger partial charge in [-0.05, 0) is 30.7 Å². The van der Waals surface area contributed by atoms with E-state index in [9.17, 15) is 5.21 Å². The van der Waals surface area contributed by atoms with Crippen LogP contribution >= 0.6 is 0 Å². The molecule has 0 radical (unpaired) electrons. The fraction of sp³-hybridized carbons (Fsp3) is 0.769. The van der Waals surface area contributed by atoms with E-state index in [4.69, 9.17) is 4.53 Å². The number of rotatable bonds is 3. The standard InChI is InChI=1S/C13H25NO2Si/c1-13(2,3)17(4,5)16-14(15)11-12-9-7-6-8-10-12/h9,11H,6-8,10H2,1-5H3/b14-11+. The van der Waals surface area contributed by atoms with E-state index in [-0.39, 0.29) is 5.04 Å². The molecule has 0 unspecified atom stereocenters. The third-order valence-electron chi connectivity index (χ3n) is 3.72. The predicted octanol–water partition coefficient (Wildman–Crippen LogP) is 4.00. The Balaban J connectivity index is 2.68. The molecule has 0 saturated heterocycles. The van der Waals surface area contributed by atoms with E-state index in [2.05, 4.69) is 39.9 Å². The molecule has 0 saturated carbocycles. The molecule has 17 heavy (non-hydrogen) atoms. The minimum absolute atomic E-state index is 0.0600. The van der Waals surface area contributed by atoms with Gasteiger partial charge in [-0.3, -0.25) is 5.21 Å². The summed E-state index contributed by atoms with van der Waals surface area (Å²) in [4.78, 5) is 0.689. The van der Waals surface area contributed by atoms with Crippen LogP contribution in [0.1, 0.15) is 46.5 Å². The first kappa shape index (κ1) is 14.3. The van der Waals surface area contributed by atoms with Crippen molar-refractivity contribution >= 4 is 14.5 Å². The molecule has 1 aliphatic carbocycles. The lowest BCUT2D eigenvalue weighted by Crippen LogP contribution is -2.43. The Morgan fingerprint density at radius 2 is 2.00 bits per heavy atom. The van der Waals surface area contributed by atoms with Crippen LogP contribution in [0.25, 0.3) is 0 Å². The average Bonchev–Trinajstić information content (AvgIpc) is 2.16. The zero-order chi connectivity index (χ0) is 13.1. The van der Waals surface area contributed by atoms with Crippen molar-refractivity contribution in [3.8, 4) is 0 Å². The fourth-order valence-corrected chi connectivity index (χ4v) is 2.28. The third kappa shape index (κ3) is 4.19. The van der Waals surface area contributed by atoms with E-state index in [1.807, 2.05) is 0 Å². The van der Waals surface area contributed by atoms with Crippen LogP contribution in [0.5, 0.6) is 0 Å².